The Kier molecular flexibility index (Phi) is 4.98. The minimum Gasteiger partial charge on any atom is -0.497 e. The molecule has 2 aromatic rings. The van der Waals surface area contributed by atoms with Crippen LogP contribution in [0.2, 0.25) is 0 Å². The third-order valence-electron chi connectivity index (χ3n) is 3.04. The fraction of sp³-hybridized carbons (Fsp3) is 0.400. The van der Waals surface area contributed by atoms with Crippen molar-refractivity contribution in [1.82, 2.24) is 10.3 Å². The highest BCUT2D eigenvalue weighted by Gasteiger charge is 2.21. The summed E-state index contributed by atoms with van der Waals surface area (Å²) in [6, 6.07) is 5.85. The van der Waals surface area contributed by atoms with Crippen molar-refractivity contribution in [2.75, 3.05) is 20.8 Å². The molecule has 0 aliphatic carbocycles. The van der Waals surface area contributed by atoms with Crippen LogP contribution in [0, 0.1) is 6.92 Å². The fourth-order valence-electron chi connectivity index (χ4n) is 2.10. The van der Waals surface area contributed by atoms with Crippen molar-refractivity contribution >= 4 is 11.3 Å². The van der Waals surface area contributed by atoms with Crippen LogP contribution in [0.25, 0.3) is 0 Å². The predicted molar refractivity (Wildman–Crippen MR) is 81.9 cm³/mol. The van der Waals surface area contributed by atoms with E-state index >= 15 is 0 Å². The first-order valence-corrected chi connectivity index (χ1v) is 7.44. The van der Waals surface area contributed by atoms with Crippen LogP contribution in [0.5, 0.6) is 11.5 Å². The van der Waals surface area contributed by atoms with Crippen LogP contribution in [0.15, 0.2) is 23.6 Å². The summed E-state index contributed by atoms with van der Waals surface area (Å²) in [6.45, 7) is 4.94. The summed E-state index contributed by atoms with van der Waals surface area (Å²) in [4.78, 5) is 4.60. The maximum Gasteiger partial charge on any atom is 0.124 e. The van der Waals surface area contributed by atoms with Gasteiger partial charge in [0, 0.05) is 16.6 Å². The van der Waals surface area contributed by atoms with E-state index in [1.165, 1.54) is 0 Å². The smallest absolute Gasteiger partial charge is 0.124 e. The molecule has 0 amide bonds. The summed E-state index contributed by atoms with van der Waals surface area (Å²) < 4.78 is 10.8. The van der Waals surface area contributed by atoms with Crippen LogP contribution in [0.4, 0.5) is 0 Å². The summed E-state index contributed by atoms with van der Waals surface area (Å²) in [5.41, 5.74) is 2.08. The maximum atomic E-state index is 5.48. The zero-order chi connectivity index (χ0) is 14.5. The van der Waals surface area contributed by atoms with E-state index in [-0.39, 0.29) is 6.04 Å². The molecule has 0 spiro atoms. The topological polar surface area (TPSA) is 43.4 Å². The Hall–Kier alpha value is -1.59. The Labute approximate surface area is 123 Å². The predicted octanol–water partition coefficient (Wildman–Crippen LogP) is 3.17. The first-order valence-electron chi connectivity index (χ1n) is 6.57. The Morgan fingerprint density at radius 1 is 1.30 bits per heavy atom. The lowest BCUT2D eigenvalue weighted by molar-refractivity contribution is 0.394. The van der Waals surface area contributed by atoms with Crippen LogP contribution in [0.1, 0.15) is 29.2 Å². The molecule has 1 unspecified atom stereocenters. The van der Waals surface area contributed by atoms with E-state index in [1.54, 1.807) is 25.6 Å². The van der Waals surface area contributed by atoms with E-state index in [0.29, 0.717) is 0 Å². The van der Waals surface area contributed by atoms with E-state index in [2.05, 4.69) is 22.6 Å². The molecule has 0 fully saturated rings. The van der Waals surface area contributed by atoms with Crippen molar-refractivity contribution in [3.63, 3.8) is 0 Å². The zero-order valence-electron chi connectivity index (χ0n) is 12.3. The zero-order valence-corrected chi connectivity index (χ0v) is 13.1. The molecule has 0 saturated heterocycles. The van der Waals surface area contributed by atoms with Crippen molar-refractivity contribution in [3.05, 3.63) is 39.8 Å². The molecule has 1 N–H and O–H groups in total. The molecular formula is C15H20N2O2S. The number of benzene rings is 1. The maximum absolute atomic E-state index is 5.48. The molecule has 1 heterocycles. The van der Waals surface area contributed by atoms with Gasteiger partial charge in [0.05, 0.1) is 20.3 Å². The molecule has 108 valence electrons. The number of aryl methyl sites for hydroxylation is 1. The number of nitrogens with one attached hydrogen (secondary N) is 1. The van der Waals surface area contributed by atoms with Crippen LogP contribution < -0.4 is 14.8 Å². The summed E-state index contributed by atoms with van der Waals surface area (Å²) >= 11 is 1.66. The van der Waals surface area contributed by atoms with E-state index in [9.17, 15) is 0 Å². The van der Waals surface area contributed by atoms with Gasteiger partial charge in [0.1, 0.15) is 16.5 Å². The van der Waals surface area contributed by atoms with Gasteiger partial charge in [-0.1, -0.05) is 6.92 Å². The van der Waals surface area contributed by atoms with Crippen molar-refractivity contribution in [2.45, 2.75) is 19.9 Å². The Bertz CT molecular complexity index is 569. The van der Waals surface area contributed by atoms with Gasteiger partial charge in [0.25, 0.3) is 0 Å². The number of ether oxygens (including phenoxy) is 2. The Morgan fingerprint density at radius 3 is 2.65 bits per heavy atom. The molecule has 0 radical (unpaired) electrons. The fourth-order valence-corrected chi connectivity index (χ4v) is 2.99. The number of methoxy groups -OCH3 is 2. The lowest BCUT2D eigenvalue weighted by atomic mass is 10.1. The van der Waals surface area contributed by atoms with Gasteiger partial charge < -0.3 is 14.8 Å². The van der Waals surface area contributed by atoms with Crippen LogP contribution in [0.3, 0.4) is 0 Å². The number of thiazole rings is 1. The highest BCUT2D eigenvalue weighted by Crippen LogP contribution is 2.34. The first-order chi connectivity index (χ1) is 9.69. The molecule has 20 heavy (non-hydrogen) atoms. The number of nitrogens with zero attached hydrogens (tertiary/aromatic N) is 1. The van der Waals surface area contributed by atoms with E-state index < -0.39 is 0 Å². The summed E-state index contributed by atoms with van der Waals surface area (Å²) in [5.74, 6) is 1.65. The average molecular weight is 292 g/mol. The third-order valence-corrected chi connectivity index (χ3v) is 4.07. The summed E-state index contributed by atoms with van der Waals surface area (Å²) in [5, 5.41) is 6.57. The molecule has 1 aromatic heterocycles. The highest BCUT2D eigenvalue weighted by atomic mass is 32.1. The van der Waals surface area contributed by atoms with Crippen LogP contribution in [-0.4, -0.2) is 25.7 Å². The first kappa shape index (κ1) is 14.8. The van der Waals surface area contributed by atoms with Gasteiger partial charge in [-0.3, -0.25) is 0 Å². The molecule has 1 atom stereocenters. The monoisotopic (exact) mass is 292 g/mol. The SMILES string of the molecule is CCNC(c1nc(C)cs1)c1cc(OC)ccc1OC. The van der Waals surface area contributed by atoms with E-state index in [1.807, 2.05) is 25.1 Å². The lowest BCUT2D eigenvalue weighted by Crippen LogP contribution is -2.22. The number of hydrogen-bond acceptors (Lipinski definition) is 5. The number of aromatic nitrogens is 1. The molecule has 4 nitrogen and oxygen atoms in total. The second kappa shape index (κ2) is 6.72. The number of hydrogen-bond donors (Lipinski definition) is 1. The van der Waals surface area contributed by atoms with Gasteiger partial charge in [0.15, 0.2) is 0 Å². The second-order valence-corrected chi connectivity index (χ2v) is 5.32. The van der Waals surface area contributed by atoms with Gasteiger partial charge in [-0.2, -0.15) is 0 Å². The van der Waals surface area contributed by atoms with Gasteiger partial charge in [0.2, 0.25) is 0 Å². The Balaban J connectivity index is 2.47. The standard InChI is InChI=1S/C15H20N2O2S/c1-5-16-14(15-17-10(2)9-20-15)12-8-11(18-3)6-7-13(12)19-4/h6-9,14,16H,5H2,1-4H3. The van der Waals surface area contributed by atoms with Crippen molar-refractivity contribution in [1.29, 1.82) is 0 Å². The molecule has 0 aliphatic heterocycles. The molecule has 0 saturated carbocycles. The molecular weight excluding hydrogens is 272 g/mol. The van der Waals surface area contributed by atoms with Gasteiger partial charge in [-0.05, 0) is 31.7 Å². The van der Waals surface area contributed by atoms with Crippen molar-refractivity contribution < 1.29 is 9.47 Å². The quantitative estimate of drug-likeness (QED) is 0.888. The molecule has 2 rings (SSSR count). The third kappa shape index (κ3) is 3.11. The average Bonchev–Trinajstić information content (AvgIpc) is 2.90. The number of rotatable bonds is 6. The van der Waals surface area contributed by atoms with E-state index in [0.717, 1.165) is 34.3 Å². The second-order valence-electron chi connectivity index (χ2n) is 4.43. The largest absolute Gasteiger partial charge is 0.497 e. The Morgan fingerprint density at radius 2 is 2.10 bits per heavy atom. The summed E-state index contributed by atoms with van der Waals surface area (Å²) in [7, 11) is 3.35. The molecule has 5 heteroatoms. The lowest BCUT2D eigenvalue weighted by Gasteiger charge is -2.19. The molecule has 1 aromatic carbocycles. The van der Waals surface area contributed by atoms with Crippen molar-refractivity contribution in [2.24, 2.45) is 0 Å². The molecule has 0 bridgehead atoms. The van der Waals surface area contributed by atoms with Gasteiger partial charge in [-0.25, -0.2) is 4.98 Å². The van der Waals surface area contributed by atoms with Gasteiger partial charge in [-0.15, -0.1) is 11.3 Å². The highest BCUT2D eigenvalue weighted by molar-refractivity contribution is 7.09. The molecule has 0 aliphatic rings. The van der Waals surface area contributed by atoms with Crippen LogP contribution in [-0.2, 0) is 0 Å². The summed E-state index contributed by atoms with van der Waals surface area (Å²) in [6.07, 6.45) is 0. The van der Waals surface area contributed by atoms with Crippen LogP contribution >= 0.6 is 11.3 Å². The normalized spacial score (nSPS) is 12.2. The van der Waals surface area contributed by atoms with E-state index in [4.69, 9.17) is 9.47 Å². The van der Waals surface area contributed by atoms with Crippen molar-refractivity contribution in [3.8, 4) is 11.5 Å². The van der Waals surface area contributed by atoms with Gasteiger partial charge >= 0.3 is 0 Å². The minimum atomic E-state index is 0.0174. The minimum absolute atomic E-state index is 0.0174.